The van der Waals surface area contributed by atoms with E-state index in [1.165, 1.54) is 6.92 Å². The quantitative estimate of drug-likeness (QED) is 0.908. The number of nitrogens with one attached hydrogen (secondary N) is 1. The molecule has 0 spiro atoms. The molecule has 1 aliphatic rings. The maximum absolute atomic E-state index is 12.5. The van der Waals surface area contributed by atoms with Crippen LogP contribution < -0.4 is 9.62 Å². The van der Waals surface area contributed by atoms with Gasteiger partial charge < -0.3 is 4.90 Å². The highest BCUT2D eigenvalue weighted by molar-refractivity contribution is 7.89. The molecule has 1 N–H and O–H groups in total. The second kappa shape index (κ2) is 5.06. The van der Waals surface area contributed by atoms with Gasteiger partial charge in [0.2, 0.25) is 15.9 Å². The summed E-state index contributed by atoms with van der Waals surface area (Å²) >= 11 is 0. The predicted molar refractivity (Wildman–Crippen MR) is 87.6 cm³/mol. The number of hydrogen-bond acceptors (Lipinski definition) is 3. The van der Waals surface area contributed by atoms with Gasteiger partial charge in [-0.1, -0.05) is 13.8 Å². The van der Waals surface area contributed by atoms with Crippen LogP contribution in [0.15, 0.2) is 23.1 Å². The lowest BCUT2D eigenvalue weighted by molar-refractivity contribution is -0.116. The molecule has 0 aromatic heterocycles. The summed E-state index contributed by atoms with van der Waals surface area (Å²) in [5.41, 5.74) is 0.874. The normalized spacial score (nSPS) is 17.5. The third kappa shape index (κ3) is 3.17. The Balaban J connectivity index is 2.51. The monoisotopic (exact) mass is 324 g/mol. The fraction of sp³-hybridized carbons (Fsp3) is 0.562. The standard InChI is InChI=1S/C16H24N2O3S/c1-11(19)18-10-16(5,6)13-9-12(7-8-14(13)18)22(20,21)17-15(2,3)4/h7-9,17H,10H2,1-6H3. The van der Waals surface area contributed by atoms with Gasteiger partial charge in [0.25, 0.3) is 0 Å². The summed E-state index contributed by atoms with van der Waals surface area (Å²) in [6.45, 7) is 11.5. The zero-order chi connectivity index (χ0) is 16.9. The topological polar surface area (TPSA) is 66.5 Å². The number of anilines is 1. The van der Waals surface area contributed by atoms with Crippen molar-refractivity contribution in [2.24, 2.45) is 0 Å². The lowest BCUT2D eigenvalue weighted by Crippen LogP contribution is -2.40. The first kappa shape index (κ1) is 17.0. The van der Waals surface area contributed by atoms with Crippen molar-refractivity contribution in [1.29, 1.82) is 0 Å². The van der Waals surface area contributed by atoms with Crippen LogP contribution in [0.2, 0.25) is 0 Å². The van der Waals surface area contributed by atoms with E-state index in [0.29, 0.717) is 6.54 Å². The second-order valence-electron chi connectivity index (χ2n) is 7.52. The van der Waals surface area contributed by atoms with Crippen LogP contribution >= 0.6 is 0 Å². The lowest BCUT2D eigenvalue weighted by Gasteiger charge is -2.22. The molecule has 0 bridgehead atoms. The molecule has 0 radical (unpaired) electrons. The summed E-state index contributed by atoms with van der Waals surface area (Å²) in [7, 11) is -3.58. The minimum absolute atomic E-state index is 0.0322. The van der Waals surface area contributed by atoms with E-state index in [1.54, 1.807) is 43.9 Å². The van der Waals surface area contributed by atoms with E-state index >= 15 is 0 Å². The SMILES string of the molecule is CC(=O)N1CC(C)(C)c2cc(S(=O)(=O)NC(C)(C)C)ccc21. The number of rotatable bonds is 2. The average Bonchev–Trinajstić information content (AvgIpc) is 2.58. The van der Waals surface area contributed by atoms with E-state index < -0.39 is 15.6 Å². The molecule has 1 amide bonds. The Bertz CT molecular complexity index is 715. The van der Waals surface area contributed by atoms with Crippen molar-refractivity contribution in [2.75, 3.05) is 11.4 Å². The first-order valence-corrected chi connectivity index (χ1v) is 8.78. The van der Waals surface area contributed by atoms with E-state index in [1.807, 2.05) is 13.8 Å². The number of sulfonamides is 1. The zero-order valence-corrected chi connectivity index (χ0v) is 14.8. The Labute approximate surface area is 132 Å². The molecular weight excluding hydrogens is 300 g/mol. The molecule has 1 aliphatic heterocycles. The predicted octanol–water partition coefficient (Wildman–Crippen LogP) is 2.41. The van der Waals surface area contributed by atoms with Gasteiger partial charge in [-0.3, -0.25) is 4.79 Å². The van der Waals surface area contributed by atoms with Crippen LogP contribution in [0.5, 0.6) is 0 Å². The largest absolute Gasteiger partial charge is 0.311 e. The van der Waals surface area contributed by atoms with Crippen LogP contribution in [0.25, 0.3) is 0 Å². The summed E-state index contributed by atoms with van der Waals surface area (Å²) in [6.07, 6.45) is 0. The Morgan fingerprint density at radius 1 is 1.27 bits per heavy atom. The number of benzene rings is 1. The van der Waals surface area contributed by atoms with E-state index in [4.69, 9.17) is 0 Å². The van der Waals surface area contributed by atoms with Gasteiger partial charge in [-0.05, 0) is 44.5 Å². The molecule has 5 nitrogen and oxygen atoms in total. The van der Waals surface area contributed by atoms with Gasteiger partial charge in [-0.2, -0.15) is 0 Å². The van der Waals surface area contributed by atoms with Crippen LogP contribution in [0.4, 0.5) is 5.69 Å². The Kier molecular flexibility index (Phi) is 3.90. The highest BCUT2D eigenvalue weighted by Gasteiger charge is 2.38. The average molecular weight is 324 g/mol. The zero-order valence-electron chi connectivity index (χ0n) is 14.0. The molecule has 0 unspecified atom stereocenters. The molecule has 0 atom stereocenters. The van der Waals surface area contributed by atoms with Gasteiger partial charge in [-0.25, -0.2) is 13.1 Å². The molecule has 22 heavy (non-hydrogen) atoms. The van der Waals surface area contributed by atoms with Crippen molar-refractivity contribution in [2.45, 2.75) is 57.4 Å². The molecule has 0 saturated carbocycles. The molecular formula is C16H24N2O3S. The van der Waals surface area contributed by atoms with Gasteiger partial charge in [0.1, 0.15) is 0 Å². The second-order valence-corrected chi connectivity index (χ2v) is 9.21. The summed E-state index contributed by atoms with van der Waals surface area (Å²) in [4.78, 5) is 13.7. The van der Waals surface area contributed by atoms with Gasteiger partial charge in [0, 0.05) is 30.1 Å². The first-order chi connectivity index (χ1) is 9.83. The van der Waals surface area contributed by atoms with Crippen LogP contribution in [0.3, 0.4) is 0 Å². The van der Waals surface area contributed by atoms with Crippen molar-refractivity contribution in [3.8, 4) is 0 Å². The number of carbonyl (C=O) groups excluding carboxylic acids is 1. The van der Waals surface area contributed by atoms with Crippen molar-refractivity contribution in [3.05, 3.63) is 23.8 Å². The van der Waals surface area contributed by atoms with Crippen molar-refractivity contribution in [3.63, 3.8) is 0 Å². The third-order valence-corrected chi connectivity index (χ3v) is 5.43. The Hall–Kier alpha value is -1.40. The van der Waals surface area contributed by atoms with Gasteiger partial charge in [0.05, 0.1) is 4.90 Å². The van der Waals surface area contributed by atoms with Gasteiger partial charge in [-0.15, -0.1) is 0 Å². The maximum atomic E-state index is 12.5. The van der Waals surface area contributed by atoms with Crippen LogP contribution in [0, 0.1) is 0 Å². The highest BCUT2D eigenvalue weighted by Crippen LogP contribution is 2.41. The Morgan fingerprint density at radius 2 is 1.86 bits per heavy atom. The Morgan fingerprint density at radius 3 is 2.36 bits per heavy atom. The van der Waals surface area contributed by atoms with Crippen LogP contribution in [0.1, 0.15) is 47.1 Å². The minimum atomic E-state index is -3.58. The van der Waals surface area contributed by atoms with Gasteiger partial charge >= 0.3 is 0 Å². The van der Waals surface area contributed by atoms with E-state index in [0.717, 1.165) is 11.3 Å². The summed E-state index contributed by atoms with van der Waals surface area (Å²) < 4.78 is 27.6. The number of carbonyl (C=O) groups is 1. The summed E-state index contributed by atoms with van der Waals surface area (Å²) in [6, 6.07) is 4.97. The fourth-order valence-corrected chi connectivity index (χ4v) is 4.21. The molecule has 0 saturated heterocycles. The molecule has 0 aliphatic carbocycles. The number of hydrogen-bond donors (Lipinski definition) is 1. The van der Waals surface area contributed by atoms with Crippen molar-refractivity contribution in [1.82, 2.24) is 4.72 Å². The molecule has 122 valence electrons. The van der Waals surface area contributed by atoms with Crippen LogP contribution in [-0.4, -0.2) is 26.4 Å². The lowest BCUT2D eigenvalue weighted by atomic mass is 9.87. The molecule has 2 rings (SSSR count). The molecule has 1 aromatic carbocycles. The number of nitrogens with zero attached hydrogens (tertiary/aromatic N) is 1. The molecule has 0 fully saturated rings. The fourth-order valence-electron chi connectivity index (χ4n) is 2.77. The van der Waals surface area contributed by atoms with E-state index in [-0.39, 0.29) is 16.2 Å². The minimum Gasteiger partial charge on any atom is -0.311 e. The van der Waals surface area contributed by atoms with Crippen LogP contribution in [-0.2, 0) is 20.2 Å². The van der Waals surface area contributed by atoms with Crippen molar-refractivity contribution >= 4 is 21.6 Å². The summed E-state index contributed by atoms with van der Waals surface area (Å²) in [5.74, 6) is -0.0322. The smallest absolute Gasteiger partial charge is 0.241 e. The van der Waals surface area contributed by atoms with E-state index in [9.17, 15) is 13.2 Å². The van der Waals surface area contributed by atoms with Gasteiger partial charge in [0.15, 0.2) is 0 Å². The van der Waals surface area contributed by atoms with E-state index in [2.05, 4.69) is 4.72 Å². The number of fused-ring (bicyclic) bond motifs is 1. The first-order valence-electron chi connectivity index (χ1n) is 7.30. The molecule has 1 aromatic rings. The molecule has 6 heteroatoms. The highest BCUT2D eigenvalue weighted by atomic mass is 32.2. The number of amides is 1. The van der Waals surface area contributed by atoms with Crippen molar-refractivity contribution < 1.29 is 13.2 Å². The molecule has 1 heterocycles. The third-order valence-electron chi connectivity index (χ3n) is 3.67. The maximum Gasteiger partial charge on any atom is 0.241 e. The summed E-state index contributed by atoms with van der Waals surface area (Å²) in [5, 5.41) is 0.